The second-order valence-corrected chi connectivity index (χ2v) is 5.67. The molecule has 0 saturated heterocycles. The summed E-state index contributed by atoms with van der Waals surface area (Å²) in [4.78, 5) is 30.1. The molecule has 0 aliphatic heterocycles. The van der Waals surface area contributed by atoms with Crippen LogP contribution in [-0.4, -0.2) is 38.7 Å². The van der Waals surface area contributed by atoms with E-state index in [9.17, 15) is 9.59 Å². The Morgan fingerprint density at radius 1 is 1.50 bits per heavy atom. The van der Waals surface area contributed by atoms with Crippen LogP contribution in [0, 0.1) is 6.92 Å². The highest BCUT2D eigenvalue weighted by atomic mass is 35.5. The number of thioether (sulfide) groups is 1. The number of aryl methyl sites for hydroxylation is 1. The van der Waals surface area contributed by atoms with Crippen molar-refractivity contribution in [2.45, 2.75) is 32.1 Å². The van der Waals surface area contributed by atoms with Crippen LogP contribution in [0.3, 0.4) is 0 Å². The SMILES string of the molecule is CC(=O)NC(CCSCc1nc(C)cc(Cl)n1)C(=O)O. The lowest BCUT2D eigenvalue weighted by atomic mass is 10.2. The quantitative estimate of drug-likeness (QED) is 0.587. The number of rotatable bonds is 7. The fourth-order valence-electron chi connectivity index (χ4n) is 1.52. The molecule has 0 saturated carbocycles. The van der Waals surface area contributed by atoms with Gasteiger partial charge in [0.25, 0.3) is 0 Å². The van der Waals surface area contributed by atoms with Crippen molar-refractivity contribution in [2.75, 3.05) is 5.75 Å². The van der Waals surface area contributed by atoms with Gasteiger partial charge in [-0.1, -0.05) is 11.6 Å². The maximum atomic E-state index is 10.9. The molecule has 0 aliphatic carbocycles. The van der Waals surface area contributed by atoms with Gasteiger partial charge >= 0.3 is 5.97 Å². The number of halogens is 1. The Hall–Kier alpha value is -1.34. The molecule has 0 spiro atoms. The van der Waals surface area contributed by atoms with Gasteiger partial charge in [-0.2, -0.15) is 11.8 Å². The molecule has 0 fully saturated rings. The van der Waals surface area contributed by atoms with Crippen LogP contribution in [0.1, 0.15) is 24.9 Å². The first kappa shape index (κ1) is 16.7. The zero-order valence-electron chi connectivity index (χ0n) is 11.2. The van der Waals surface area contributed by atoms with Crippen molar-refractivity contribution in [3.63, 3.8) is 0 Å². The van der Waals surface area contributed by atoms with Crippen molar-refractivity contribution in [3.8, 4) is 0 Å². The third-order valence-corrected chi connectivity index (χ3v) is 3.51. The van der Waals surface area contributed by atoms with E-state index < -0.39 is 12.0 Å². The van der Waals surface area contributed by atoms with Crippen molar-refractivity contribution in [2.24, 2.45) is 0 Å². The Morgan fingerprint density at radius 3 is 2.75 bits per heavy atom. The van der Waals surface area contributed by atoms with E-state index in [0.717, 1.165) is 5.69 Å². The van der Waals surface area contributed by atoms with Crippen LogP contribution in [0.15, 0.2) is 6.07 Å². The van der Waals surface area contributed by atoms with Gasteiger partial charge in [0.15, 0.2) is 0 Å². The molecule has 6 nitrogen and oxygen atoms in total. The molecule has 0 radical (unpaired) electrons. The Kier molecular flexibility index (Phi) is 6.74. The zero-order chi connectivity index (χ0) is 15.1. The van der Waals surface area contributed by atoms with E-state index in [2.05, 4.69) is 15.3 Å². The number of aliphatic carboxylic acids is 1. The molecule has 1 aromatic heterocycles. The third-order valence-electron chi connectivity index (χ3n) is 2.33. The molecule has 1 rings (SSSR count). The third kappa shape index (κ3) is 6.21. The summed E-state index contributed by atoms with van der Waals surface area (Å²) < 4.78 is 0. The summed E-state index contributed by atoms with van der Waals surface area (Å²) in [6, 6.07) is 0.814. The fraction of sp³-hybridized carbons (Fsp3) is 0.500. The Labute approximate surface area is 126 Å². The number of nitrogens with one attached hydrogen (secondary N) is 1. The molecule has 20 heavy (non-hydrogen) atoms. The number of carbonyl (C=O) groups excluding carboxylic acids is 1. The summed E-state index contributed by atoms with van der Waals surface area (Å²) in [5.41, 5.74) is 0.794. The topological polar surface area (TPSA) is 92.2 Å². The molecule has 1 atom stereocenters. The van der Waals surface area contributed by atoms with Crippen LogP contribution in [0.2, 0.25) is 5.15 Å². The lowest BCUT2D eigenvalue weighted by molar-refractivity contribution is -0.141. The Bertz CT molecular complexity index is 479. The molecule has 8 heteroatoms. The second-order valence-electron chi connectivity index (χ2n) is 4.18. The predicted molar refractivity (Wildman–Crippen MR) is 77.8 cm³/mol. The fourth-order valence-corrected chi connectivity index (χ4v) is 2.63. The van der Waals surface area contributed by atoms with Crippen LogP contribution in [0.5, 0.6) is 0 Å². The summed E-state index contributed by atoms with van der Waals surface area (Å²) in [5, 5.41) is 11.7. The lowest BCUT2D eigenvalue weighted by Gasteiger charge is -2.12. The normalized spacial score (nSPS) is 11.9. The van der Waals surface area contributed by atoms with Gasteiger partial charge in [0.05, 0.1) is 5.75 Å². The smallest absolute Gasteiger partial charge is 0.326 e. The lowest BCUT2D eigenvalue weighted by Crippen LogP contribution is -2.39. The Balaban J connectivity index is 2.39. The molecule has 2 N–H and O–H groups in total. The first-order valence-electron chi connectivity index (χ1n) is 5.96. The second kappa shape index (κ2) is 8.06. The van der Waals surface area contributed by atoms with Crippen LogP contribution in [-0.2, 0) is 15.3 Å². The van der Waals surface area contributed by atoms with Crippen LogP contribution in [0.4, 0.5) is 0 Å². The van der Waals surface area contributed by atoms with Gasteiger partial charge in [0.2, 0.25) is 5.91 Å². The molecular weight excluding hydrogens is 302 g/mol. The number of nitrogens with zero attached hydrogens (tertiary/aromatic N) is 2. The number of aromatic nitrogens is 2. The summed E-state index contributed by atoms with van der Waals surface area (Å²) in [6.45, 7) is 3.13. The number of amides is 1. The van der Waals surface area contributed by atoms with Crippen molar-refractivity contribution < 1.29 is 14.7 Å². The highest BCUT2D eigenvalue weighted by Gasteiger charge is 2.17. The van der Waals surface area contributed by atoms with E-state index in [1.54, 1.807) is 6.07 Å². The first-order chi connectivity index (χ1) is 9.38. The molecule has 1 aromatic rings. The highest BCUT2D eigenvalue weighted by molar-refractivity contribution is 7.98. The minimum Gasteiger partial charge on any atom is -0.480 e. The first-order valence-corrected chi connectivity index (χ1v) is 7.49. The van der Waals surface area contributed by atoms with E-state index in [4.69, 9.17) is 16.7 Å². The largest absolute Gasteiger partial charge is 0.480 e. The van der Waals surface area contributed by atoms with E-state index in [0.29, 0.717) is 28.9 Å². The number of carboxylic acid groups (broad SMARTS) is 1. The van der Waals surface area contributed by atoms with Gasteiger partial charge in [-0.25, -0.2) is 14.8 Å². The van der Waals surface area contributed by atoms with Gasteiger partial charge in [-0.15, -0.1) is 0 Å². The summed E-state index contributed by atoms with van der Waals surface area (Å²) in [5.74, 6) is 0.359. The summed E-state index contributed by atoms with van der Waals surface area (Å²) in [6.07, 6.45) is 0.346. The predicted octanol–water partition coefficient (Wildman–Crippen LogP) is 1.65. The molecule has 0 aliphatic rings. The Morgan fingerprint density at radius 2 is 2.20 bits per heavy atom. The van der Waals surface area contributed by atoms with Crippen molar-refractivity contribution in [3.05, 3.63) is 22.7 Å². The van der Waals surface area contributed by atoms with Crippen LogP contribution in [0.25, 0.3) is 0 Å². The molecule has 1 heterocycles. The summed E-state index contributed by atoms with van der Waals surface area (Å²) >= 11 is 7.32. The number of hydrogen-bond donors (Lipinski definition) is 2. The van der Waals surface area contributed by atoms with Crippen LogP contribution >= 0.6 is 23.4 Å². The van der Waals surface area contributed by atoms with E-state index in [-0.39, 0.29) is 5.91 Å². The average Bonchev–Trinajstić information content (AvgIpc) is 2.31. The number of carboxylic acids is 1. The molecule has 1 amide bonds. The molecule has 0 aromatic carbocycles. The van der Waals surface area contributed by atoms with E-state index in [1.807, 2.05) is 6.92 Å². The molecule has 1 unspecified atom stereocenters. The van der Waals surface area contributed by atoms with Crippen molar-refractivity contribution in [1.29, 1.82) is 0 Å². The van der Waals surface area contributed by atoms with Gasteiger partial charge < -0.3 is 10.4 Å². The average molecular weight is 318 g/mol. The van der Waals surface area contributed by atoms with Gasteiger partial charge in [0, 0.05) is 12.6 Å². The van der Waals surface area contributed by atoms with Crippen LogP contribution < -0.4 is 5.32 Å². The number of carbonyl (C=O) groups is 2. The minimum atomic E-state index is -1.03. The zero-order valence-corrected chi connectivity index (χ0v) is 12.8. The summed E-state index contributed by atoms with van der Waals surface area (Å²) in [7, 11) is 0. The maximum absolute atomic E-state index is 10.9. The molecular formula is C12H16ClN3O3S. The maximum Gasteiger partial charge on any atom is 0.326 e. The molecule has 0 bridgehead atoms. The number of hydrogen-bond acceptors (Lipinski definition) is 5. The van der Waals surface area contributed by atoms with E-state index >= 15 is 0 Å². The highest BCUT2D eigenvalue weighted by Crippen LogP contribution is 2.14. The van der Waals surface area contributed by atoms with Crippen molar-refractivity contribution in [1.82, 2.24) is 15.3 Å². The minimum absolute atomic E-state index is 0.346. The van der Waals surface area contributed by atoms with Gasteiger partial charge in [0.1, 0.15) is 17.0 Å². The van der Waals surface area contributed by atoms with Crippen molar-refractivity contribution >= 4 is 35.2 Å². The monoisotopic (exact) mass is 317 g/mol. The standard InChI is InChI=1S/C12H16ClN3O3S/c1-7-5-10(13)16-11(14-7)6-20-4-3-9(12(18)19)15-8(2)17/h5,9H,3-4,6H2,1-2H3,(H,15,17)(H,18,19). The van der Waals surface area contributed by atoms with Gasteiger partial charge in [-0.05, 0) is 25.2 Å². The van der Waals surface area contributed by atoms with Gasteiger partial charge in [-0.3, -0.25) is 4.79 Å². The van der Waals surface area contributed by atoms with E-state index in [1.165, 1.54) is 18.7 Å². The molecule has 110 valence electrons.